The molecule has 0 aromatic rings. The van der Waals surface area contributed by atoms with Crippen LogP contribution in [0.5, 0.6) is 0 Å². The molecule has 0 atom stereocenters. The summed E-state index contributed by atoms with van der Waals surface area (Å²) in [5.74, 6) is -0.0292. The van der Waals surface area contributed by atoms with E-state index in [4.69, 9.17) is 5.11 Å². The van der Waals surface area contributed by atoms with Crippen molar-refractivity contribution in [3.63, 3.8) is 0 Å². The highest BCUT2D eigenvalue weighted by molar-refractivity contribution is 5.77. The number of hydrogen-bond acceptors (Lipinski definition) is 2. The highest BCUT2D eigenvalue weighted by atomic mass is 16.4. The lowest BCUT2D eigenvalue weighted by Crippen LogP contribution is -2.39. The lowest BCUT2D eigenvalue weighted by Gasteiger charge is -2.31. The summed E-state index contributed by atoms with van der Waals surface area (Å²) in [5.41, 5.74) is 0. The molecule has 0 aromatic carbocycles. The largest absolute Gasteiger partial charge is 0.481 e. The predicted octanol–water partition coefficient (Wildman–Crippen LogP) is 2.28. The molecule has 1 fully saturated rings. The van der Waals surface area contributed by atoms with Gasteiger partial charge in [-0.15, -0.1) is 0 Å². The summed E-state index contributed by atoms with van der Waals surface area (Å²) < 4.78 is 0. The highest BCUT2D eigenvalue weighted by Gasteiger charge is 2.24. The first-order chi connectivity index (χ1) is 8.00. The summed E-state index contributed by atoms with van der Waals surface area (Å²) in [6, 6.07) is 0.163. The fraction of sp³-hybridized carbons (Fsp3) is 0.846. The van der Waals surface area contributed by atoms with Crippen molar-refractivity contribution >= 4 is 11.9 Å². The van der Waals surface area contributed by atoms with E-state index >= 15 is 0 Å². The van der Waals surface area contributed by atoms with E-state index in [2.05, 4.69) is 0 Å². The summed E-state index contributed by atoms with van der Waals surface area (Å²) in [6.45, 7) is 4.54. The van der Waals surface area contributed by atoms with Crippen molar-refractivity contribution < 1.29 is 14.7 Å². The smallest absolute Gasteiger partial charge is 0.303 e. The summed E-state index contributed by atoms with van der Waals surface area (Å²) in [4.78, 5) is 24.3. The van der Waals surface area contributed by atoms with E-state index in [1.807, 2.05) is 18.7 Å². The Kier molecular flexibility index (Phi) is 5.45. The van der Waals surface area contributed by atoms with Gasteiger partial charge in [-0.2, -0.15) is 0 Å². The molecule has 1 aliphatic rings. The maximum absolute atomic E-state index is 12.0. The van der Waals surface area contributed by atoms with Crippen molar-refractivity contribution in [2.75, 3.05) is 6.54 Å². The molecule has 1 rings (SSSR count). The second kappa shape index (κ2) is 6.62. The molecule has 17 heavy (non-hydrogen) atoms. The normalized spacial score (nSPS) is 15.7. The number of carbonyl (C=O) groups is 2. The number of hydrogen-bond donors (Lipinski definition) is 1. The van der Waals surface area contributed by atoms with E-state index in [0.717, 1.165) is 0 Å². The lowest BCUT2D eigenvalue weighted by atomic mass is 9.82. The molecular weight excluding hydrogens is 218 g/mol. The Morgan fingerprint density at radius 3 is 2.41 bits per heavy atom. The zero-order chi connectivity index (χ0) is 12.8. The third-order valence-corrected chi connectivity index (χ3v) is 3.42. The summed E-state index contributed by atoms with van der Waals surface area (Å²) >= 11 is 0. The van der Waals surface area contributed by atoms with Gasteiger partial charge in [0.25, 0.3) is 0 Å². The van der Waals surface area contributed by atoms with Crippen molar-refractivity contribution in [1.29, 1.82) is 0 Å². The van der Waals surface area contributed by atoms with E-state index in [-0.39, 0.29) is 18.4 Å². The van der Waals surface area contributed by atoms with Gasteiger partial charge in [0.15, 0.2) is 0 Å². The molecule has 0 heterocycles. The third-order valence-electron chi connectivity index (χ3n) is 3.42. The molecule has 4 heteroatoms. The molecule has 0 bridgehead atoms. The van der Waals surface area contributed by atoms with Crippen molar-refractivity contribution in [3.05, 3.63) is 0 Å². The zero-order valence-electron chi connectivity index (χ0n) is 10.8. The van der Waals surface area contributed by atoms with Crippen LogP contribution in [0.3, 0.4) is 0 Å². The van der Waals surface area contributed by atoms with E-state index < -0.39 is 5.97 Å². The minimum absolute atomic E-state index is 0.139. The quantitative estimate of drug-likeness (QED) is 0.744. The van der Waals surface area contributed by atoms with Gasteiger partial charge in [-0.3, -0.25) is 9.59 Å². The predicted molar refractivity (Wildman–Crippen MR) is 65.7 cm³/mol. The second-order valence-corrected chi connectivity index (χ2v) is 5.18. The fourth-order valence-electron chi connectivity index (χ4n) is 2.13. The molecule has 4 nitrogen and oxygen atoms in total. The van der Waals surface area contributed by atoms with Gasteiger partial charge < -0.3 is 10.0 Å². The first-order valence-electron chi connectivity index (χ1n) is 6.52. The van der Waals surface area contributed by atoms with Crippen molar-refractivity contribution in [1.82, 2.24) is 4.90 Å². The van der Waals surface area contributed by atoms with Gasteiger partial charge >= 0.3 is 5.97 Å². The molecule has 0 saturated heterocycles. The Balaban J connectivity index is 2.34. The summed E-state index contributed by atoms with van der Waals surface area (Å²) in [5, 5.41) is 8.59. The molecule has 0 unspecified atom stereocenters. The average Bonchev–Trinajstić information content (AvgIpc) is 2.17. The Morgan fingerprint density at radius 1 is 1.35 bits per heavy atom. The molecule has 0 radical (unpaired) electrons. The van der Waals surface area contributed by atoms with Gasteiger partial charge in [0.05, 0.1) is 0 Å². The Bertz CT molecular complexity index is 272. The zero-order valence-corrected chi connectivity index (χ0v) is 10.8. The third kappa shape index (κ3) is 4.75. The number of carboxylic acids is 1. The van der Waals surface area contributed by atoms with Crippen LogP contribution < -0.4 is 0 Å². The molecule has 1 N–H and O–H groups in total. The minimum Gasteiger partial charge on any atom is -0.481 e. The van der Waals surface area contributed by atoms with Gasteiger partial charge in [-0.05, 0) is 39.0 Å². The van der Waals surface area contributed by atoms with Crippen LogP contribution in [0.2, 0.25) is 0 Å². The van der Waals surface area contributed by atoms with Gasteiger partial charge in [0.2, 0.25) is 5.91 Å². The Morgan fingerprint density at radius 2 is 2.00 bits per heavy atom. The minimum atomic E-state index is -0.792. The van der Waals surface area contributed by atoms with Crippen molar-refractivity contribution in [3.8, 4) is 0 Å². The van der Waals surface area contributed by atoms with Crippen LogP contribution in [0, 0.1) is 5.92 Å². The Labute approximate surface area is 103 Å². The number of carbonyl (C=O) groups excluding carboxylic acids is 1. The van der Waals surface area contributed by atoms with Gasteiger partial charge in [0.1, 0.15) is 0 Å². The van der Waals surface area contributed by atoms with Crippen LogP contribution >= 0.6 is 0 Å². The number of nitrogens with zero attached hydrogens (tertiary/aromatic N) is 1. The van der Waals surface area contributed by atoms with Crippen LogP contribution in [0.15, 0.2) is 0 Å². The van der Waals surface area contributed by atoms with Gasteiger partial charge in [-0.25, -0.2) is 0 Å². The number of rotatable bonds is 7. The average molecular weight is 241 g/mol. The molecule has 1 aliphatic carbocycles. The molecule has 98 valence electrons. The van der Waals surface area contributed by atoms with Crippen molar-refractivity contribution in [2.24, 2.45) is 5.92 Å². The summed E-state index contributed by atoms with van der Waals surface area (Å²) in [7, 11) is 0. The van der Waals surface area contributed by atoms with Crippen molar-refractivity contribution in [2.45, 2.75) is 58.4 Å². The maximum Gasteiger partial charge on any atom is 0.303 e. The van der Waals surface area contributed by atoms with E-state index in [1.54, 1.807) is 0 Å². The van der Waals surface area contributed by atoms with Crippen LogP contribution in [0.25, 0.3) is 0 Å². The molecule has 0 spiro atoms. The van der Waals surface area contributed by atoms with Crippen LogP contribution in [0.1, 0.15) is 52.4 Å². The molecular formula is C13H23NO3. The maximum atomic E-state index is 12.0. The number of aliphatic carboxylic acids is 1. The topological polar surface area (TPSA) is 57.6 Å². The van der Waals surface area contributed by atoms with Crippen LogP contribution in [0.4, 0.5) is 0 Å². The van der Waals surface area contributed by atoms with Gasteiger partial charge in [0, 0.05) is 25.4 Å². The summed E-state index contributed by atoms with van der Waals surface area (Å²) in [6.07, 6.45) is 4.92. The highest BCUT2D eigenvalue weighted by Crippen LogP contribution is 2.30. The van der Waals surface area contributed by atoms with Crippen LogP contribution in [-0.2, 0) is 9.59 Å². The Hall–Kier alpha value is -1.06. The lowest BCUT2D eigenvalue weighted by molar-refractivity contribution is -0.139. The molecule has 0 aromatic heterocycles. The fourth-order valence-corrected chi connectivity index (χ4v) is 2.13. The first kappa shape index (κ1) is 14.0. The SMILES string of the molecule is CC(C)N(CCCC(=O)O)C(=O)CC1CCC1. The number of amides is 1. The molecule has 1 amide bonds. The monoisotopic (exact) mass is 241 g/mol. The standard InChI is InChI=1S/C13H23NO3/c1-10(2)14(8-4-7-13(16)17)12(15)9-11-5-3-6-11/h10-11H,3-9H2,1-2H3,(H,16,17). The van der Waals surface area contributed by atoms with Crippen LogP contribution in [-0.4, -0.2) is 34.5 Å². The van der Waals surface area contributed by atoms with E-state index in [0.29, 0.717) is 25.3 Å². The molecule has 1 saturated carbocycles. The second-order valence-electron chi connectivity index (χ2n) is 5.18. The van der Waals surface area contributed by atoms with Gasteiger partial charge in [-0.1, -0.05) is 6.42 Å². The van der Waals surface area contributed by atoms with E-state index in [1.165, 1.54) is 19.3 Å². The number of carboxylic acid groups (broad SMARTS) is 1. The van der Waals surface area contributed by atoms with E-state index in [9.17, 15) is 9.59 Å². The molecule has 0 aliphatic heterocycles. The first-order valence-corrected chi connectivity index (χ1v) is 6.52.